The van der Waals surface area contributed by atoms with E-state index in [4.69, 9.17) is 4.74 Å². The maximum Gasteiger partial charge on any atom is 0.323 e. The summed E-state index contributed by atoms with van der Waals surface area (Å²) in [6, 6.07) is 0.389. The number of methoxy groups -OCH3 is 1. The minimum atomic E-state index is -0.703. The second-order valence-corrected chi connectivity index (χ2v) is 5.85. The number of hydrogen-bond acceptors (Lipinski definition) is 4. The number of likely N-dealkylation sites (tertiary alicyclic amines) is 1. The Bertz CT molecular complexity index is 324. The first-order chi connectivity index (χ1) is 9.11. The molecule has 5 nitrogen and oxygen atoms in total. The van der Waals surface area contributed by atoms with Gasteiger partial charge in [-0.2, -0.15) is 0 Å². The van der Waals surface area contributed by atoms with Crippen molar-refractivity contribution in [2.75, 3.05) is 26.7 Å². The Morgan fingerprint density at radius 3 is 2.89 bits per heavy atom. The zero-order valence-electron chi connectivity index (χ0n) is 12.0. The summed E-state index contributed by atoms with van der Waals surface area (Å²) in [4.78, 5) is 14.0. The van der Waals surface area contributed by atoms with E-state index in [0.717, 1.165) is 51.7 Å². The Hall–Kier alpha value is -0.650. The van der Waals surface area contributed by atoms with Crippen LogP contribution >= 0.6 is 0 Å². The van der Waals surface area contributed by atoms with Crippen LogP contribution in [0.4, 0.5) is 0 Å². The van der Waals surface area contributed by atoms with E-state index in [9.17, 15) is 9.90 Å². The molecule has 19 heavy (non-hydrogen) atoms. The molecule has 0 spiro atoms. The topological polar surface area (TPSA) is 61.8 Å². The summed E-state index contributed by atoms with van der Waals surface area (Å²) in [5.74, 6) is -0.689. The first-order valence-corrected chi connectivity index (χ1v) is 7.36. The van der Waals surface area contributed by atoms with Crippen LogP contribution in [-0.2, 0) is 9.53 Å². The molecule has 0 aromatic carbocycles. The fraction of sp³-hybridized carbons (Fsp3) is 0.929. The average molecular weight is 270 g/mol. The SMILES string of the molecule is CCCNC1(C(=O)O)CCC(N2CCC(OC)C2)C1. The number of nitrogens with zero attached hydrogens (tertiary/aromatic N) is 1. The van der Waals surface area contributed by atoms with Gasteiger partial charge in [-0.15, -0.1) is 0 Å². The van der Waals surface area contributed by atoms with E-state index in [1.54, 1.807) is 7.11 Å². The van der Waals surface area contributed by atoms with Crippen molar-refractivity contribution >= 4 is 5.97 Å². The third kappa shape index (κ3) is 3.09. The lowest BCUT2D eigenvalue weighted by atomic mass is 9.97. The molecular weight excluding hydrogens is 244 g/mol. The van der Waals surface area contributed by atoms with E-state index in [0.29, 0.717) is 12.1 Å². The molecule has 0 amide bonds. The van der Waals surface area contributed by atoms with Crippen LogP contribution < -0.4 is 5.32 Å². The molecule has 0 radical (unpaired) electrons. The van der Waals surface area contributed by atoms with Crippen LogP contribution in [0.25, 0.3) is 0 Å². The van der Waals surface area contributed by atoms with Crippen LogP contribution in [0.3, 0.4) is 0 Å². The Balaban J connectivity index is 1.95. The van der Waals surface area contributed by atoms with Gasteiger partial charge in [-0.25, -0.2) is 0 Å². The molecule has 1 saturated heterocycles. The molecule has 0 bridgehead atoms. The van der Waals surface area contributed by atoms with E-state index >= 15 is 0 Å². The molecule has 3 unspecified atom stereocenters. The normalized spacial score (nSPS) is 35.9. The number of hydrogen-bond donors (Lipinski definition) is 2. The monoisotopic (exact) mass is 270 g/mol. The van der Waals surface area contributed by atoms with Gasteiger partial charge in [-0.3, -0.25) is 9.69 Å². The molecule has 1 aliphatic carbocycles. The highest BCUT2D eigenvalue weighted by Gasteiger charge is 2.47. The van der Waals surface area contributed by atoms with Crippen LogP contribution in [0.2, 0.25) is 0 Å². The van der Waals surface area contributed by atoms with Gasteiger partial charge in [-0.05, 0) is 38.6 Å². The van der Waals surface area contributed by atoms with Gasteiger partial charge < -0.3 is 15.2 Å². The summed E-state index contributed by atoms with van der Waals surface area (Å²) in [5.41, 5.74) is -0.703. The number of aliphatic carboxylic acids is 1. The molecule has 2 rings (SSSR count). The molecule has 110 valence electrons. The van der Waals surface area contributed by atoms with Crippen molar-refractivity contribution in [2.45, 2.75) is 56.7 Å². The lowest BCUT2D eigenvalue weighted by molar-refractivity contribution is -0.144. The largest absolute Gasteiger partial charge is 0.480 e. The Labute approximate surface area is 115 Å². The van der Waals surface area contributed by atoms with Gasteiger partial charge in [0.05, 0.1) is 6.10 Å². The highest BCUT2D eigenvalue weighted by molar-refractivity contribution is 5.79. The fourth-order valence-corrected chi connectivity index (χ4v) is 3.40. The zero-order chi connectivity index (χ0) is 13.9. The van der Waals surface area contributed by atoms with E-state index in [1.807, 2.05) is 0 Å². The minimum absolute atomic E-state index is 0.323. The Morgan fingerprint density at radius 2 is 2.32 bits per heavy atom. The summed E-state index contributed by atoms with van der Waals surface area (Å²) in [6.07, 6.45) is 4.78. The lowest BCUT2D eigenvalue weighted by Gasteiger charge is -2.28. The van der Waals surface area contributed by atoms with Gasteiger partial charge >= 0.3 is 5.97 Å². The number of nitrogens with one attached hydrogen (secondary N) is 1. The second kappa shape index (κ2) is 6.20. The minimum Gasteiger partial charge on any atom is -0.480 e. The third-order valence-corrected chi connectivity index (χ3v) is 4.64. The van der Waals surface area contributed by atoms with Crippen LogP contribution in [-0.4, -0.2) is 60.4 Å². The van der Waals surface area contributed by atoms with Gasteiger partial charge in [0.1, 0.15) is 5.54 Å². The van der Waals surface area contributed by atoms with Crippen molar-refractivity contribution in [3.63, 3.8) is 0 Å². The molecule has 2 fully saturated rings. The molecule has 2 aliphatic rings. The number of rotatable bonds is 6. The molecule has 3 atom stereocenters. The lowest BCUT2D eigenvalue weighted by Crippen LogP contribution is -2.51. The van der Waals surface area contributed by atoms with Gasteiger partial charge in [0.15, 0.2) is 0 Å². The quantitative estimate of drug-likeness (QED) is 0.756. The van der Waals surface area contributed by atoms with Crippen molar-refractivity contribution in [1.82, 2.24) is 10.2 Å². The number of ether oxygens (including phenoxy) is 1. The molecule has 0 aromatic heterocycles. The molecular formula is C14H26N2O3. The van der Waals surface area contributed by atoms with Crippen molar-refractivity contribution in [3.8, 4) is 0 Å². The molecule has 1 aliphatic heterocycles. The molecule has 2 N–H and O–H groups in total. The zero-order valence-corrected chi connectivity index (χ0v) is 12.0. The van der Waals surface area contributed by atoms with E-state index < -0.39 is 11.5 Å². The first-order valence-electron chi connectivity index (χ1n) is 7.36. The van der Waals surface area contributed by atoms with E-state index in [2.05, 4.69) is 17.1 Å². The van der Waals surface area contributed by atoms with Gasteiger partial charge in [0.2, 0.25) is 0 Å². The van der Waals surface area contributed by atoms with Crippen LogP contribution in [0.1, 0.15) is 39.0 Å². The summed E-state index contributed by atoms with van der Waals surface area (Å²) >= 11 is 0. The van der Waals surface area contributed by atoms with E-state index in [-0.39, 0.29) is 0 Å². The number of carbonyl (C=O) groups is 1. The second-order valence-electron chi connectivity index (χ2n) is 5.85. The summed E-state index contributed by atoms with van der Waals surface area (Å²) in [6.45, 7) is 4.83. The predicted octanol–water partition coefficient (Wildman–Crippen LogP) is 1.08. The van der Waals surface area contributed by atoms with Crippen molar-refractivity contribution in [2.24, 2.45) is 0 Å². The fourth-order valence-electron chi connectivity index (χ4n) is 3.40. The molecule has 1 heterocycles. The van der Waals surface area contributed by atoms with Crippen molar-refractivity contribution in [1.29, 1.82) is 0 Å². The third-order valence-electron chi connectivity index (χ3n) is 4.64. The highest BCUT2D eigenvalue weighted by atomic mass is 16.5. The average Bonchev–Trinajstić information content (AvgIpc) is 3.03. The highest BCUT2D eigenvalue weighted by Crippen LogP contribution is 2.35. The summed E-state index contributed by atoms with van der Waals surface area (Å²) in [5, 5.41) is 12.8. The van der Waals surface area contributed by atoms with Gasteiger partial charge in [-0.1, -0.05) is 6.92 Å². The van der Waals surface area contributed by atoms with Crippen molar-refractivity contribution < 1.29 is 14.6 Å². The van der Waals surface area contributed by atoms with Gasteiger partial charge in [0, 0.05) is 26.2 Å². The first kappa shape index (κ1) is 14.8. The molecule has 1 saturated carbocycles. The Kier molecular flexibility index (Phi) is 4.81. The van der Waals surface area contributed by atoms with Crippen LogP contribution in [0.15, 0.2) is 0 Å². The van der Waals surface area contributed by atoms with Crippen molar-refractivity contribution in [3.05, 3.63) is 0 Å². The summed E-state index contributed by atoms with van der Waals surface area (Å²) < 4.78 is 5.39. The van der Waals surface area contributed by atoms with Crippen LogP contribution in [0, 0.1) is 0 Å². The van der Waals surface area contributed by atoms with Gasteiger partial charge in [0.25, 0.3) is 0 Å². The smallest absolute Gasteiger partial charge is 0.323 e. The molecule has 5 heteroatoms. The molecule has 0 aromatic rings. The Morgan fingerprint density at radius 1 is 1.53 bits per heavy atom. The number of carboxylic acids is 1. The van der Waals surface area contributed by atoms with Crippen LogP contribution in [0.5, 0.6) is 0 Å². The summed E-state index contributed by atoms with van der Waals surface area (Å²) in [7, 11) is 1.76. The maximum absolute atomic E-state index is 11.6. The number of carboxylic acid groups (broad SMARTS) is 1. The maximum atomic E-state index is 11.6. The predicted molar refractivity (Wildman–Crippen MR) is 73.3 cm³/mol. The van der Waals surface area contributed by atoms with E-state index in [1.165, 1.54) is 0 Å². The standard InChI is InChI=1S/C14H26N2O3/c1-3-7-15-14(13(17)18)6-4-11(9-14)16-8-5-12(10-16)19-2/h11-12,15H,3-10H2,1-2H3,(H,17,18).